The second kappa shape index (κ2) is 5.13. The monoisotopic (exact) mass is 169 g/mol. The van der Waals surface area contributed by atoms with Gasteiger partial charge in [-0.2, -0.15) is 5.26 Å². The van der Waals surface area contributed by atoms with Crippen LogP contribution < -0.4 is 10.4 Å². The largest absolute Gasteiger partial charge is 0.547 e. The minimum absolute atomic E-state index is 0.214. The van der Waals surface area contributed by atoms with E-state index in [1.165, 1.54) is 6.07 Å². The number of amides is 1. The first-order valence-electron chi connectivity index (χ1n) is 3.51. The standard InChI is InChI=1S/C7H10N2O3/c1-2-3-6(10)9-5(4-8)7(11)12/h5H,2-3H2,1H3,(H,9,10)(H,11,12)/p-1. The molecule has 0 bridgehead atoms. The Balaban J connectivity index is 3.97. The van der Waals surface area contributed by atoms with E-state index in [1.54, 1.807) is 6.92 Å². The quantitative estimate of drug-likeness (QED) is 0.556. The van der Waals surface area contributed by atoms with Gasteiger partial charge in [0.05, 0.1) is 12.0 Å². The van der Waals surface area contributed by atoms with Crippen molar-refractivity contribution < 1.29 is 14.7 Å². The normalized spacial score (nSPS) is 11.3. The van der Waals surface area contributed by atoms with Crippen molar-refractivity contribution in [2.75, 3.05) is 0 Å². The zero-order chi connectivity index (χ0) is 9.56. The van der Waals surface area contributed by atoms with Gasteiger partial charge in [-0.1, -0.05) is 6.92 Å². The number of nitrogens with one attached hydrogen (secondary N) is 1. The molecule has 0 aliphatic heterocycles. The Morgan fingerprint density at radius 2 is 2.25 bits per heavy atom. The average Bonchev–Trinajstić information content (AvgIpc) is 2.00. The van der Waals surface area contributed by atoms with Crippen LogP contribution in [0.3, 0.4) is 0 Å². The van der Waals surface area contributed by atoms with Crippen LogP contribution in [0.1, 0.15) is 19.8 Å². The summed E-state index contributed by atoms with van der Waals surface area (Å²) in [6, 6.07) is -0.141. The molecule has 1 unspecified atom stereocenters. The Labute approximate surface area is 70.0 Å². The molecule has 1 atom stereocenters. The highest BCUT2D eigenvalue weighted by atomic mass is 16.4. The third-order valence-corrected chi connectivity index (χ3v) is 1.15. The molecule has 0 aromatic heterocycles. The van der Waals surface area contributed by atoms with Crippen molar-refractivity contribution in [3.05, 3.63) is 0 Å². The van der Waals surface area contributed by atoms with Gasteiger partial charge >= 0.3 is 0 Å². The van der Waals surface area contributed by atoms with Crippen LogP contribution in [0.5, 0.6) is 0 Å². The van der Waals surface area contributed by atoms with Crippen LogP contribution in [0.15, 0.2) is 0 Å². The molecule has 0 saturated heterocycles. The van der Waals surface area contributed by atoms with Crippen molar-refractivity contribution in [1.82, 2.24) is 5.32 Å². The lowest BCUT2D eigenvalue weighted by Crippen LogP contribution is -2.46. The Hall–Kier alpha value is -1.57. The summed E-state index contributed by atoms with van der Waals surface area (Å²) in [6.07, 6.45) is 0.822. The molecular weight excluding hydrogens is 160 g/mol. The van der Waals surface area contributed by atoms with Gasteiger partial charge in [-0.15, -0.1) is 0 Å². The van der Waals surface area contributed by atoms with Crippen molar-refractivity contribution in [3.8, 4) is 6.07 Å². The minimum atomic E-state index is -1.58. The zero-order valence-corrected chi connectivity index (χ0v) is 6.66. The summed E-state index contributed by atoms with van der Waals surface area (Å²) in [6.45, 7) is 1.78. The highest BCUT2D eigenvalue weighted by Gasteiger charge is 2.10. The second-order valence-corrected chi connectivity index (χ2v) is 2.20. The second-order valence-electron chi connectivity index (χ2n) is 2.20. The number of nitrogens with zero attached hydrogens (tertiary/aromatic N) is 1. The maximum absolute atomic E-state index is 10.8. The van der Waals surface area contributed by atoms with Crippen LogP contribution in [0.2, 0.25) is 0 Å². The molecule has 0 radical (unpaired) electrons. The number of nitriles is 1. The van der Waals surface area contributed by atoms with E-state index in [0.717, 1.165) is 0 Å². The number of aliphatic carboxylic acids is 1. The Morgan fingerprint density at radius 3 is 2.58 bits per heavy atom. The summed E-state index contributed by atoms with van der Waals surface area (Å²) in [4.78, 5) is 20.9. The molecule has 0 rings (SSSR count). The molecule has 66 valence electrons. The minimum Gasteiger partial charge on any atom is -0.547 e. The zero-order valence-electron chi connectivity index (χ0n) is 6.66. The fourth-order valence-electron chi connectivity index (χ4n) is 0.604. The van der Waals surface area contributed by atoms with Crippen molar-refractivity contribution in [2.45, 2.75) is 25.8 Å². The molecule has 0 saturated carbocycles. The highest BCUT2D eigenvalue weighted by molar-refractivity contribution is 5.84. The molecular formula is C7H9N2O3-. The lowest BCUT2D eigenvalue weighted by Gasteiger charge is -2.11. The summed E-state index contributed by atoms with van der Waals surface area (Å²) in [5.41, 5.74) is 0. The molecule has 0 aliphatic carbocycles. The Morgan fingerprint density at radius 1 is 1.67 bits per heavy atom. The van der Waals surface area contributed by atoms with E-state index in [0.29, 0.717) is 6.42 Å². The van der Waals surface area contributed by atoms with Gasteiger partial charge in [-0.05, 0) is 6.42 Å². The van der Waals surface area contributed by atoms with Crippen molar-refractivity contribution >= 4 is 11.9 Å². The fourth-order valence-corrected chi connectivity index (χ4v) is 0.604. The van der Waals surface area contributed by atoms with Gasteiger partial charge in [0.15, 0.2) is 6.04 Å². The summed E-state index contributed by atoms with van der Waals surface area (Å²) < 4.78 is 0. The van der Waals surface area contributed by atoms with E-state index in [9.17, 15) is 14.7 Å². The predicted octanol–water partition coefficient (Wildman–Crippen LogP) is -1.46. The number of carbonyl (C=O) groups is 2. The molecule has 5 nitrogen and oxygen atoms in total. The van der Waals surface area contributed by atoms with Crippen molar-refractivity contribution in [2.24, 2.45) is 0 Å². The first-order valence-corrected chi connectivity index (χ1v) is 3.51. The lowest BCUT2D eigenvalue weighted by atomic mass is 10.3. The fraction of sp³-hybridized carbons (Fsp3) is 0.571. The van der Waals surface area contributed by atoms with Crippen molar-refractivity contribution in [3.63, 3.8) is 0 Å². The van der Waals surface area contributed by atoms with Crippen LogP contribution in [0, 0.1) is 11.3 Å². The smallest absolute Gasteiger partial charge is 0.221 e. The van der Waals surface area contributed by atoms with Gasteiger partial charge in [0.2, 0.25) is 5.91 Å². The number of carboxylic acid groups (broad SMARTS) is 1. The van der Waals surface area contributed by atoms with Gasteiger partial charge < -0.3 is 15.2 Å². The van der Waals surface area contributed by atoms with E-state index >= 15 is 0 Å². The molecule has 0 aromatic rings. The van der Waals surface area contributed by atoms with E-state index < -0.39 is 17.9 Å². The molecule has 0 aromatic carbocycles. The number of carboxylic acids is 1. The molecule has 1 N–H and O–H groups in total. The SMILES string of the molecule is CCCC(=O)NC(C#N)C(=O)[O-]. The van der Waals surface area contributed by atoms with E-state index in [4.69, 9.17) is 5.26 Å². The molecule has 0 aliphatic rings. The Kier molecular flexibility index (Phi) is 4.46. The average molecular weight is 169 g/mol. The van der Waals surface area contributed by atoms with Gasteiger partial charge in [-0.3, -0.25) is 4.79 Å². The summed E-state index contributed by atoms with van der Waals surface area (Å²) in [5, 5.41) is 20.4. The van der Waals surface area contributed by atoms with Crippen LogP contribution in [0.25, 0.3) is 0 Å². The summed E-state index contributed by atoms with van der Waals surface area (Å²) >= 11 is 0. The topological polar surface area (TPSA) is 93.0 Å². The first-order chi connectivity index (χ1) is 5.61. The number of hydrogen-bond acceptors (Lipinski definition) is 4. The van der Waals surface area contributed by atoms with E-state index in [1.807, 2.05) is 5.32 Å². The van der Waals surface area contributed by atoms with Crippen LogP contribution in [0.4, 0.5) is 0 Å². The molecule has 1 amide bonds. The van der Waals surface area contributed by atoms with Crippen LogP contribution in [-0.2, 0) is 9.59 Å². The van der Waals surface area contributed by atoms with Crippen LogP contribution >= 0.6 is 0 Å². The molecule has 0 heterocycles. The summed E-state index contributed by atoms with van der Waals surface area (Å²) in [5.74, 6) is -2.03. The van der Waals surface area contributed by atoms with Gasteiger partial charge in [-0.25, -0.2) is 0 Å². The molecule has 12 heavy (non-hydrogen) atoms. The molecule has 0 spiro atoms. The van der Waals surface area contributed by atoms with E-state index in [2.05, 4.69) is 0 Å². The predicted molar refractivity (Wildman–Crippen MR) is 37.5 cm³/mol. The molecule has 5 heteroatoms. The number of rotatable bonds is 4. The van der Waals surface area contributed by atoms with Crippen molar-refractivity contribution in [1.29, 1.82) is 5.26 Å². The van der Waals surface area contributed by atoms with Gasteiger partial charge in [0.25, 0.3) is 0 Å². The first kappa shape index (κ1) is 10.4. The summed E-state index contributed by atoms with van der Waals surface area (Å²) in [7, 11) is 0. The third kappa shape index (κ3) is 3.56. The van der Waals surface area contributed by atoms with Gasteiger partial charge in [0.1, 0.15) is 0 Å². The van der Waals surface area contributed by atoms with Gasteiger partial charge in [0, 0.05) is 6.42 Å². The van der Waals surface area contributed by atoms with Crippen LogP contribution in [-0.4, -0.2) is 17.9 Å². The maximum Gasteiger partial charge on any atom is 0.221 e. The van der Waals surface area contributed by atoms with E-state index in [-0.39, 0.29) is 6.42 Å². The number of hydrogen-bond donors (Lipinski definition) is 1. The highest BCUT2D eigenvalue weighted by Crippen LogP contribution is 1.87. The maximum atomic E-state index is 10.8. The third-order valence-electron chi connectivity index (χ3n) is 1.15. The lowest BCUT2D eigenvalue weighted by molar-refractivity contribution is -0.306. The Bertz CT molecular complexity index is 219. The number of carbonyl (C=O) groups excluding carboxylic acids is 2. The molecule has 0 fully saturated rings.